The van der Waals surface area contributed by atoms with Gasteiger partial charge in [-0.2, -0.15) is 0 Å². The molecule has 1 aliphatic carbocycles. The largest absolute Gasteiger partial charge is 0.342 e. The molecule has 0 bridgehead atoms. The summed E-state index contributed by atoms with van der Waals surface area (Å²) in [7, 11) is 0. The predicted molar refractivity (Wildman–Crippen MR) is 86.9 cm³/mol. The third kappa shape index (κ3) is 4.29. The highest BCUT2D eigenvalue weighted by atomic mass is 19.1. The van der Waals surface area contributed by atoms with Crippen LogP contribution in [-0.2, 0) is 11.2 Å². The van der Waals surface area contributed by atoms with Gasteiger partial charge in [0.25, 0.3) is 0 Å². The zero-order valence-electron chi connectivity index (χ0n) is 13.4. The number of rotatable bonds is 7. The first-order chi connectivity index (χ1) is 10.7. The van der Waals surface area contributed by atoms with Crippen molar-refractivity contribution in [3.63, 3.8) is 0 Å². The highest BCUT2D eigenvalue weighted by Crippen LogP contribution is 2.32. The Kier molecular flexibility index (Phi) is 6.37. The number of hydrogen-bond donors (Lipinski definition) is 1. The summed E-state index contributed by atoms with van der Waals surface area (Å²) in [5.41, 5.74) is 6.75. The number of carbonyl (C=O) groups is 1. The van der Waals surface area contributed by atoms with Gasteiger partial charge in [-0.15, -0.1) is 0 Å². The van der Waals surface area contributed by atoms with E-state index in [-0.39, 0.29) is 17.6 Å². The second-order valence-electron chi connectivity index (χ2n) is 6.24. The SMILES string of the molecule is CCCN(CCc1cccc(F)c1)C(=O)[C@@H]1CCC[C@@H]1CN. The van der Waals surface area contributed by atoms with Crippen LogP contribution in [0.25, 0.3) is 0 Å². The van der Waals surface area contributed by atoms with E-state index in [4.69, 9.17) is 5.73 Å². The summed E-state index contributed by atoms with van der Waals surface area (Å²) in [6.45, 7) is 4.10. The van der Waals surface area contributed by atoms with Gasteiger partial charge in [-0.3, -0.25) is 4.79 Å². The van der Waals surface area contributed by atoms with E-state index in [2.05, 4.69) is 6.92 Å². The minimum atomic E-state index is -0.218. The first kappa shape index (κ1) is 16.9. The number of nitrogens with two attached hydrogens (primary N) is 1. The van der Waals surface area contributed by atoms with Crippen LogP contribution in [0, 0.1) is 17.7 Å². The first-order valence-electron chi connectivity index (χ1n) is 8.39. The van der Waals surface area contributed by atoms with Crippen LogP contribution in [-0.4, -0.2) is 30.4 Å². The highest BCUT2D eigenvalue weighted by Gasteiger charge is 2.34. The molecule has 3 nitrogen and oxygen atoms in total. The number of carbonyl (C=O) groups excluding carboxylic acids is 1. The number of benzene rings is 1. The van der Waals surface area contributed by atoms with E-state index >= 15 is 0 Å². The lowest BCUT2D eigenvalue weighted by Crippen LogP contribution is -2.40. The van der Waals surface area contributed by atoms with Gasteiger partial charge in [-0.1, -0.05) is 25.5 Å². The van der Waals surface area contributed by atoms with Crippen LogP contribution < -0.4 is 5.73 Å². The molecule has 0 unspecified atom stereocenters. The maximum Gasteiger partial charge on any atom is 0.226 e. The average molecular weight is 306 g/mol. The van der Waals surface area contributed by atoms with E-state index in [1.54, 1.807) is 12.1 Å². The smallest absolute Gasteiger partial charge is 0.226 e. The monoisotopic (exact) mass is 306 g/mol. The Morgan fingerprint density at radius 1 is 1.36 bits per heavy atom. The molecule has 1 fully saturated rings. The lowest BCUT2D eigenvalue weighted by Gasteiger charge is -2.28. The van der Waals surface area contributed by atoms with Crippen LogP contribution >= 0.6 is 0 Å². The summed E-state index contributed by atoms with van der Waals surface area (Å²) in [4.78, 5) is 14.7. The maximum absolute atomic E-state index is 13.2. The van der Waals surface area contributed by atoms with Gasteiger partial charge in [0.05, 0.1) is 0 Å². The van der Waals surface area contributed by atoms with Gasteiger partial charge >= 0.3 is 0 Å². The molecule has 1 saturated carbocycles. The van der Waals surface area contributed by atoms with Gasteiger partial charge in [0.1, 0.15) is 5.82 Å². The van der Waals surface area contributed by atoms with Gasteiger partial charge in [0.2, 0.25) is 5.91 Å². The van der Waals surface area contributed by atoms with Crippen LogP contribution in [0.2, 0.25) is 0 Å². The summed E-state index contributed by atoms with van der Waals surface area (Å²) in [6.07, 6.45) is 4.76. The van der Waals surface area contributed by atoms with Crippen molar-refractivity contribution >= 4 is 5.91 Å². The predicted octanol–water partition coefficient (Wildman–Crippen LogP) is 2.98. The van der Waals surface area contributed by atoms with E-state index in [1.165, 1.54) is 6.07 Å². The topological polar surface area (TPSA) is 46.3 Å². The van der Waals surface area contributed by atoms with Gasteiger partial charge in [-0.05, 0) is 55.8 Å². The Bertz CT molecular complexity index is 492. The molecule has 0 saturated heterocycles. The Balaban J connectivity index is 1.98. The number of nitrogens with zero attached hydrogens (tertiary/aromatic N) is 1. The van der Waals surface area contributed by atoms with Crippen LogP contribution in [0.1, 0.15) is 38.2 Å². The molecule has 122 valence electrons. The van der Waals surface area contributed by atoms with Crippen LogP contribution in [0.4, 0.5) is 4.39 Å². The zero-order chi connectivity index (χ0) is 15.9. The van der Waals surface area contributed by atoms with Crippen molar-refractivity contribution in [2.45, 2.75) is 39.0 Å². The van der Waals surface area contributed by atoms with Crippen molar-refractivity contribution < 1.29 is 9.18 Å². The summed E-state index contributed by atoms with van der Waals surface area (Å²) in [5.74, 6) is 0.446. The minimum absolute atomic E-state index is 0.0871. The fourth-order valence-corrected chi connectivity index (χ4v) is 3.44. The number of amides is 1. The third-order valence-corrected chi connectivity index (χ3v) is 4.64. The van der Waals surface area contributed by atoms with E-state index < -0.39 is 0 Å². The van der Waals surface area contributed by atoms with Crippen molar-refractivity contribution in [1.29, 1.82) is 0 Å². The summed E-state index contributed by atoms with van der Waals surface area (Å²) < 4.78 is 13.2. The van der Waals surface area contributed by atoms with Crippen molar-refractivity contribution in [1.82, 2.24) is 4.90 Å². The second-order valence-corrected chi connectivity index (χ2v) is 6.24. The molecule has 0 spiro atoms. The molecule has 0 aliphatic heterocycles. The van der Waals surface area contributed by atoms with Crippen LogP contribution in [0.5, 0.6) is 0 Å². The number of halogens is 1. The van der Waals surface area contributed by atoms with Gasteiger partial charge < -0.3 is 10.6 Å². The van der Waals surface area contributed by atoms with Crippen LogP contribution in [0.15, 0.2) is 24.3 Å². The highest BCUT2D eigenvalue weighted by molar-refractivity contribution is 5.79. The molecule has 4 heteroatoms. The minimum Gasteiger partial charge on any atom is -0.342 e. The standard InChI is InChI=1S/C18H27FN2O/c1-2-10-21(11-9-14-5-3-7-16(19)12-14)18(22)17-8-4-6-15(17)13-20/h3,5,7,12,15,17H,2,4,6,8-11,13,20H2,1H3/t15-,17-/m1/s1. The third-order valence-electron chi connectivity index (χ3n) is 4.64. The van der Waals surface area contributed by atoms with E-state index in [9.17, 15) is 9.18 Å². The lowest BCUT2D eigenvalue weighted by atomic mass is 9.94. The van der Waals surface area contributed by atoms with Gasteiger partial charge in [-0.25, -0.2) is 4.39 Å². The summed E-state index contributed by atoms with van der Waals surface area (Å²) in [5, 5.41) is 0. The lowest BCUT2D eigenvalue weighted by molar-refractivity contribution is -0.136. The molecule has 1 amide bonds. The Morgan fingerprint density at radius 3 is 2.86 bits per heavy atom. The van der Waals surface area contributed by atoms with Gasteiger partial charge in [0.15, 0.2) is 0 Å². The second kappa shape index (κ2) is 8.28. The Labute approximate surface area is 132 Å². The van der Waals surface area contributed by atoms with E-state index in [0.29, 0.717) is 25.4 Å². The fourth-order valence-electron chi connectivity index (χ4n) is 3.44. The zero-order valence-corrected chi connectivity index (χ0v) is 13.4. The first-order valence-corrected chi connectivity index (χ1v) is 8.39. The quantitative estimate of drug-likeness (QED) is 0.842. The molecule has 22 heavy (non-hydrogen) atoms. The van der Waals surface area contributed by atoms with Crippen molar-refractivity contribution in [2.75, 3.05) is 19.6 Å². The molecule has 0 heterocycles. The normalized spacial score (nSPS) is 21.0. The average Bonchev–Trinajstić information content (AvgIpc) is 2.99. The fraction of sp³-hybridized carbons (Fsp3) is 0.611. The molecule has 2 atom stereocenters. The maximum atomic E-state index is 13.2. The van der Waals surface area contributed by atoms with E-state index in [1.807, 2.05) is 11.0 Å². The Hall–Kier alpha value is -1.42. The molecular formula is C18H27FN2O. The van der Waals surface area contributed by atoms with Crippen molar-refractivity contribution in [2.24, 2.45) is 17.6 Å². The molecule has 2 N–H and O–H groups in total. The van der Waals surface area contributed by atoms with Crippen molar-refractivity contribution in [3.05, 3.63) is 35.6 Å². The molecule has 1 aromatic carbocycles. The summed E-state index contributed by atoms with van der Waals surface area (Å²) >= 11 is 0. The molecule has 2 rings (SSSR count). The molecule has 1 aliphatic rings. The van der Waals surface area contributed by atoms with E-state index in [0.717, 1.165) is 37.8 Å². The van der Waals surface area contributed by atoms with Crippen LogP contribution in [0.3, 0.4) is 0 Å². The van der Waals surface area contributed by atoms with Gasteiger partial charge in [0, 0.05) is 19.0 Å². The molecular weight excluding hydrogens is 279 g/mol. The number of hydrogen-bond acceptors (Lipinski definition) is 2. The molecule has 1 aromatic rings. The van der Waals surface area contributed by atoms with Crippen molar-refractivity contribution in [3.8, 4) is 0 Å². The molecule has 0 radical (unpaired) electrons. The summed E-state index contributed by atoms with van der Waals surface area (Å²) in [6, 6.07) is 6.63. The Morgan fingerprint density at radius 2 is 2.18 bits per heavy atom. The molecule has 0 aromatic heterocycles.